The molecular weight excluding hydrogens is 397 g/mol. The summed E-state index contributed by atoms with van der Waals surface area (Å²) in [6, 6.07) is 18.9. The van der Waals surface area contributed by atoms with E-state index < -0.39 is 10.2 Å². The van der Waals surface area contributed by atoms with Gasteiger partial charge < -0.3 is 0 Å². The van der Waals surface area contributed by atoms with Gasteiger partial charge in [0.05, 0.1) is 5.57 Å². The quantitative estimate of drug-likeness (QED) is 0.582. The van der Waals surface area contributed by atoms with Gasteiger partial charge in [-0.3, -0.25) is 0 Å². The average Bonchev–Trinajstić information content (AvgIpc) is 2.92. The second kappa shape index (κ2) is 8.92. The van der Waals surface area contributed by atoms with Crippen molar-refractivity contribution < 1.29 is 33.4 Å². The third-order valence-electron chi connectivity index (χ3n) is 3.54. The normalized spacial score (nSPS) is 12.4. The van der Waals surface area contributed by atoms with E-state index in [9.17, 15) is 0 Å². The van der Waals surface area contributed by atoms with Gasteiger partial charge in [0.25, 0.3) is 5.01 Å². The molecule has 2 aromatic carbocycles. The lowest BCUT2D eigenvalue weighted by molar-refractivity contribution is -2.00. The van der Waals surface area contributed by atoms with Crippen LogP contribution < -0.4 is 23.2 Å². The maximum Gasteiger partial charge on any atom is 0.271 e. The molecule has 0 aliphatic rings. The summed E-state index contributed by atoms with van der Waals surface area (Å²) in [5.41, 5.74) is 3.56. The SMILES string of the molecule is CC[n+]1c(/C(=C(\C)Cl)c2ccccc2)sc2ccccc21.[O-][Cl+3]([O-])([O-])[O-]. The Bertz CT molecular complexity index is 894. The van der Waals surface area contributed by atoms with E-state index in [-0.39, 0.29) is 0 Å². The molecule has 0 fully saturated rings. The molecule has 3 rings (SSSR count). The number of aromatic nitrogens is 1. The Balaban J connectivity index is 0.000000431. The summed E-state index contributed by atoms with van der Waals surface area (Å²) >= 11 is 8.24. The number of fused-ring (bicyclic) bond motifs is 1. The largest absolute Gasteiger partial charge is 0.271 e. The lowest BCUT2D eigenvalue weighted by Gasteiger charge is -2.17. The van der Waals surface area contributed by atoms with Crippen molar-refractivity contribution in [1.82, 2.24) is 0 Å². The molecule has 0 aliphatic carbocycles. The summed E-state index contributed by atoms with van der Waals surface area (Å²) in [6.45, 7) is 5.07. The fourth-order valence-electron chi connectivity index (χ4n) is 2.61. The molecule has 138 valence electrons. The fraction of sp³-hybridized carbons (Fsp3) is 0.167. The molecule has 0 saturated carbocycles. The van der Waals surface area contributed by atoms with Crippen LogP contribution in [0, 0.1) is 10.2 Å². The summed E-state index contributed by atoms with van der Waals surface area (Å²) in [6.07, 6.45) is 0. The van der Waals surface area contributed by atoms with Crippen LogP contribution in [0.15, 0.2) is 59.6 Å². The number of hydrogen-bond acceptors (Lipinski definition) is 5. The first-order valence-corrected chi connectivity index (χ1v) is 10.1. The number of benzene rings is 2. The van der Waals surface area contributed by atoms with E-state index in [0.29, 0.717) is 0 Å². The van der Waals surface area contributed by atoms with Gasteiger partial charge >= 0.3 is 0 Å². The fourth-order valence-corrected chi connectivity index (χ4v) is 4.21. The maximum atomic E-state index is 8.49. The predicted octanol–water partition coefficient (Wildman–Crippen LogP) is 0.471. The lowest BCUT2D eigenvalue weighted by atomic mass is 10.1. The van der Waals surface area contributed by atoms with E-state index in [2.05, 4.69) is 60.0 Å². The van der Waals surface area contributed by atoms with Gasteiger partial charge in [0.1, 0.15) is 11.2 Å². The third-order valence-corrected chi connectivity index (χ3v) is 4.92. The molecule has 0 bridgehead atoms. The molecule has 0 N–H and O–H groups in total. The van der Waals surface area contributed by atoms with Crippen molar-refractivity contribution in [1.29, 1.82) is 0 Å². The minimum Gasteiger partial charge on any atom is -0.222 e. The number of thiazole rings is 1. The summed E-state index contributed by atoms with van der Waals surface area (Å²) in [4.78, 5) is 0. The van der Waals surface area contributed by atoms with E-state index in [1.165, 1.54) is 20.8 Å². The van der Waals surface area contributed by atoms with Gasteiger partial charge in [0.15, 0.2) is 0 Å². The van der Waals surface area contributed by atoms with E-state index in [4.69, 9.17) is 30.2 Å². The Kier molecular flexibility index (Phi) is 7.14. The standard InChI is InChI=1S/C18H17ClNS.ClHO4/c1-3-20-15-11-7-8-12-16(15)21-18(20)17(13(2)19)14-9-5-4-6-10-14;2-1(3,4)5/h4-12H,3H2,1-2H3;(H,2,3,4,5)/q+1;/p-1/b17-13+;. The highest BCUT2D eigenvalue weighted by molar-refractivity contribution is 7.19. The molecular formula is C18H17Cl2NO4S. The van der Waals surface area contributed by atoms with Gasteiger partial charge in [0, 0.05) is 11.1 Å². The Hall–Kier alpha value is -1.51. The van der Waals surface area contributed by atoms with Crippen LogP contribution in [0.3, 0.4) is 0 Å². The van der Waals surface area contributed by atoms with Crippen LogP contribution in [0.25, 0.3) is 15.8 Å². The smallest absolute Gasteiger partial charge is 0.222 e. The van der Waals surface area contributed by atoms with E-state index in [1.54, 1.807) is 11.3 Å². The van der Waals surface area contributed by atoms with E-state index in [0.717, 1.165) is 17.2 Å². The van der Waals surface area contributed by atoms with Crippen molar-refractivity contribution in [3.05, 3.63) is 70.2 Å². The van der Waals surface area contributed by atoms with Crippen LogP contribution >= 0.6 is 22.9 Å². The summed E-state index contributed by atoms with van der Waals surface area (Å²) < 4.78 is 37.6. The first-order chi connectivity index (χ1) is 12.2. The van der Waals surface area contributed by atoms with Crippen molar-refractivity contribution in [3.8, 4) is 0 Å². The number of para-hydroxylation sites is 1. The zero-order valence-corrected chi connectivity index (χ0v) is 16.5. The molecule has 5 nitrogen and oxygen atoms in total. The molecule has 1 aromatic heterocycles. The van der Waals surface area contributed by atoms with Crippen LogP contribution in [-0.4, -0.2) is 0 Å². The van der Waals surface area contributed by atoms with Crippen molar-refractivity contribution in [2.75, 3.05) is 0 Å². The Labute approximate surface area is 162 Å². The zero-order chi connectivity index (χ0) is 19.3. The van der Waals surface area contributed by atoms with Crippen molar-refractivity contribution in [2.24, 2.45) is 0 Å². The highest BCUT2D eigenvalue weighted by Gasteiger charge is 2.24. The highest BCUT2D eigenvalue weighted by atomic mass is 35.7. The highest BCUT2D eigenvalue weighted by Crippen LogP contribution is 2.33. The number of allylic oxidation sites excluding steroid dienone is 1. The van der Waals surface area contributed by atoms with Crippen molar-refractivity contribution in [3.63, 3.8) is 0 Å². The minimum absolute atomic E-state index is 0.829. The third kappa shape index (κ3) is 5.49. The molecule has 0 saturated heterocycles. The Morgan fingerprint density at radius 3 is 2.08 bits per heavy atom. The van der Waals surface area contributed by atoms with Crippen molar-refractivity contribution >= 4 is 38.7 Å². The Morgan fingerprint density at radius 1 is 1.00 bits per heavy atom. The molecule has 0 spiro atoms. The molecule has 0 atom stereocenters. The topological polar surface area (TPSA) is 96.1 Å². The van der Waals surface area contributed by atoms with Gasteiger partial charge in [-0.05, 0) is 25.5 Å². The van der Waals surface area contributed by atoms with Crippen molar-refractivity contribution in [2.45, 2.75) is 20.4 Å². The van der Waals surface area contributed by atoms with Crippen LogP contribution in [0.2, 0.25) is 0 Å². The summed E-state index contributed by atoms with van der Waals surface area (Å²) in [5.74, 6) is 0. The van der Waals surface area contributed by atoms with Gasteiger partial charge in [-0.1, -0.05) is 65.4 Å². The average molecular weight is 414 g/mol. The first kappa shape index (κ1) is 20.8. The summed E-state index contributed by atoms with van der Waals surface area (Å²) in [7, 11) is -4.94. The van der Waals surface area contributed by atoms with Crippen LogP contribution in [-0.2, 0) is 6.54 Å². The molecule has 0 amide bonds. The van der Waals surface area contributed by atoms with Gasteiger partial charge in [-0.25, -0.2) is 18.6 Å². The van der Waals surface area contributed by atoms with Crippen LogP contribution in [0.4, 0.5) is 0 Å². The first-order valence-electron chi connectivity index (χ1n) is 7.67. The van der Waals surface area contributed by atoms with Gasteiger partial charge in [0.2, 0.25) is 5.52 Å². The monoisotopic (exact) mass is 413 g/mol. The molecule has 3 aromatic rings. The number of hydrogen-bond donors (Lipinski definition) is 0. The second-order valence-electron chi connectivity index (χ2n) is 5.27. The van der Waals surface area contributed by atoms with Gasteiger partial charge in [-0.15, -0.1) is 10.2 Å². The number of aryl methyl sites for hydroxylation is 1. The Morgan fingerprint density at radius 2 is 1.54 bits per heavy atom. The van der Waals surface area contributed by atoms with Gasteiger partial charge in [-0.2, -0.15) is 4.57 Å². The molecule has 26 heavy (non-hydrogen) atoms. The minimum atomic E-state index is -4.94. The molecule has 0 unspecified atom stereocenters. The maximum absolute atomic E-state index is 8.49. The molecule has 0 aliphatic heterocycles. The molecule has 8 heteroatoms. The zero-order valence-electron chi connectivity index (χ0n) is 14.1. The van der Waals surface area contributed by atoms with E-state index >= 15 is 0 Å². The van der Waals surface area contributed by atoms with Crippen LogP contribution in [0.1, 0.15) is 24.4 Å². The number of halogens is 2. The lowest BCUT2D eigenvalue weighted by Crippen LogP contribution is -2.68. The number of rotatable bonds is 3. The predicted molar refractivity (Wildman–Crippen MR) is 91.7 cm³/mol. The number of nitrogens with zero attached hydrogens (tertiary/aromatic N) is 1. The molecule has 1 heterocycles. The second-order valence-corrected chi connectivity index (χ2v) is 7.63. The van der Waals surface area contributed by atoms with Crippen LogP contribution in [0.5, 0.6) is 0 Å². The molecule has 0 radical (unpaired) electrons. The summed E-state index contributed by atoms with van der Waals surface area (Å²) in [5, 5.41) is 2.05. The van der Waals surface area contributed by atoms with E-state index in [1.807, 2.05) is 13.0 Å².